The molecule has 1 radical (unpaired) electrons. The molecule has 0 amide bonds. The topological polar surface area (TPSA) is 62.0 Å². The molecule has 0 fully saturated rings. The van der Waals surface area contributed by atoms with Crippen molar-refractivity contribution < 1.29 is 21.5 Å². The minimum Gasteiger partial charge on any atom is -0.449 e. The van der Waals surface area contributed by atoms with Gasteiger partial charge in [0.15, 0.2) is 11.5 Å². The van der Waals surface area contributed by atoms with Crippen LogP contribution in [0.5, 0.6) is 11.5 Å². The van der Waals surface area contributed by atoms with E-state index in [2.05, 4.69) is 190 Å². The second-order valence-corrected chi connectivity index (χ2v) is 17.7. The number of ether oxygens (including phenoxy) is 1. The average molecular weight is 821 g/mol. The quantitative estimate of drug-likeness (QED) is 0.130. The Labute approximate surface area is 346 Å². The molecule has 2 aromatic heterocycles. The Hall–Kier alpha value is -6.00. The van der Waals surface area contributed by atoms with Gasteiger partial charge in [0.25, 0.3) is 0 Å². The number of hydrogen-bond donors (Lipinski definition) is 0. The van der Waals surface area contributed by atoms with E-state index in [0.717, 1.165) is 22.8 Å². The predicted molar refractivity (Wildman–Crippen MR) is 237 cm³/mol. The van der Waals surface area contributed by atoms with Gasteiger partial charge in [-0.05, 0) is 96.3 Å². The third-order valence-corrected chi connectivity index (χ3v) is 14.7. The molecule has 9 rings (SSSR count). The van der Waals surface area contributed by atoms with E-state index < -0.39 is 15.8 Å². The first kappa shape index (κ1) is 39.2. The Kier molecular flexibility index (Phi) is 13.6. The first-order valence-electron chi connectivity index (χ1n) is 18.5. The van der Waals surface area contributed by atoms with Gasteiger partial charge < -0.3 is 14.8 Å². The molecule has 0 spiro atoms. The van der Waals surface area contributed by atoms with E-state index in [1.54, 1.807) is 6.20 Å². The summed E-state index contributed by atoms with van der Waals surface area (Å²) in [7, 11) is -2.56. The summed E-state index contributed by atoms with van der Waals surface area (Å²) >= 11 is 0. The monoisotopic (exact) mass is 820 g/mol. The van der Waals surface area contributed by atoms with Crippen molar-refractivity contribution in [2.24, 2.45) is 0 Å². The molecule has 5 nitrogen and oxygen atoms in total. The van der Waals surface area contributed by atoms with Gasteiger partial charge >= 0.3 is 0 Å². The van der Waals surface area contributed by atoms with Gasteiger partial charge in [0, 0.05) is 23.0 Å². The minimum atomic E-state index is -1.28. The molecule has 0 bridgehead atoms. The van der Waals surface area contributed by atoms with Crippen LogP contribution in [-0.2, 0) is 16.8 Å². The molecule has 0 saturated heterocycles. The van der Waals surface area contributed by atoms with Crippen LogP contribution in [0.1, 0.15) is 0 Å². The molecule has 0 aliphatic rings. The van der Waals surface area contributed by atoms with Crippen LogP contribution in [0, 0.1) is 0 Å². The molecule has 2 heterocycles. The number of nitrogens with zero attached hydrogens (tertiary/aromatic N) is 4. The SMILES string of the molecule is [Co].c1ccc(-c2n[n-]c(-c3ccccn3)n2)cc1.c1ccc([PH+](c2ccccc2)c2ccccc2Oc2ccccc2[PH+](c2ccccc2)c2ccccc2)cc1. The van der Waals surface area contributed by atoms with E-state index in [0.29, 0.717) is 11.6 Å². The van der Waals surface area contributed by atoms with Crippen LogP contribution < -0.4 is 41.7 Å². The Bertz CT molecular complexity index is 2310. The summed E-state index contributed by atoms with van der Waals surface area (Å²) in [5.41, 5.74) is 1.70. The molecule has 7 aromatic carbocycles. The Morgan fingerprint density at radius 1 is 0.404 bits per heavy atom. The molecule has 0 saturated carbocycles. The average Bonchev–Trinajstić information content (AvgIpc) is 3.78. The molecule has 0 aliphatic carbocycles. The van der Waals surface area contributed by atoms with Crippen LogP contribution in [0.2, 0.25) is 0 Å². The van der Waals surface area contributed by atoms with Gasteiger partial charge in [0.05, 0.1) is 11.5 Å². The number of pyridine rings is 1. The molecule has 9 aromatic rings. The van der Waals surface area contributed by atoms with E-state index in [1.807, 2.05) is 48.5 Å². The number of benzene rings is 7. The third-order valence-electron chi connectivity index (χ3n) is 9.16. The van der Waals surface area contributed by atoms with Crippen molar-refractivity contribution in [1.82, 2.24) is 20.2 Å². The van der Waals surface area contributed by atoms with Crippen molar-refractivity contribution >= 4 is 47.7 Å². The molecule has 279 valence electrons. The fourth-order valence-corrected chi connectivity index (χ4v) is 11.9. The molecule has 0 N–H and O–H groups in total. The summed E-state index contributed by atoms with van der Waals surface area (Å²) in [5.74, 6) is 3.04. The van der Waals surface area contributed by atoms with Crippen molar-refractivity contribution in [3.8, 4) is 34.4 Å². The largest absolute Gasteiger partial charge is 0.449 e. The zero-order chi connectivity index (χ0) is 37.8. The van der Waals surface area contributed by atoms with Gasteiger partial charge in [-0.2, -0.15) is 0 Å². The zero-order valence-electron chi connectivity index (χ0n) is 30.9. The van der Waals surface area contributed by atoms with E-state index in [9.17, 15) is 0 Å². The van der Waals surface area contributed by atoms with Crippen LogP contribution in [0.4, 0.5) is 0 Å². The number of aromatic nitrogens is 4. The first-order valence-corrected chi connectivity index (χ1v) is 21.5. The molecule has 0 atom stereocenters. The van der Waals surface area contributed by atoms with Crippen LogP contribution >= 0.6 is 15.8 Å². The van der Waals surface area contributed by atoms with Crippen LogP contribution in [0.3, 0.4) is 0 Å². The van der Waals surface area contributed by atoms with Gasteiger partial charge in [-0.25, -0.2) is 0 Å². The van der Waals surface area contributed by atoms with E-state index in [1.165, 1.54) is 31.8 Å². The second-order valence-electron chi connectivity index (χ2n) is 12.8. The van der Waals surface area contributed by atoms with Gasteiger partial charge in [-0.3, -0.25) is 10.1 Å². The van der Waals surface area contributed by atoms with E-state index in [4.69, 9.17) is 4.74 Å². The summed E-state index contributed by atoms with van der Waals surface area (Å²) in [6.07, 6.45) is 1.72. The van der Waals surface area contributed by atoms with Gasteiger partial charge in [-0.15, -0.1) is 0 Å². The van der Waals surface area contributed by atoms with Gasteiger partial charge in [0.2, 0.25) is 0 Å². The van der Waals surface area contributed by atoms with Crippen molar-refractivity contribution in [1.29, 1.82) is 0 Å². The maximum Gasteiger partial charge on any atom is 0.170 e. The number of rotatable bonds is 10. The summed E-state index contributed by atoms with van der Waals surface area (Å²) in [4.78, 5) is 8.56. The summed E-state index contributed by atoms with van der Waals surface area (Å²) in [6, 6.07) is 76.0. The number of para-hydroxylation sites is 2. The summed E-state index contributed by atoms with van der Waals surface area (Å²) < 4.78 is 6.94. The molecule has 8 heteroatoms. The Balaban J connectivity index is 0.000000230. The van der Waals surface area contributed by atoms with Crippen molar-refractivity contribution in [2.45, 2.75) is 0 Å². The maximum absolute atomic E-state index is 6.94. The first-order chi connectivity index (χ1) is 27.8. The second kappa shape index (κ2) is 19.7. The maximum atomic E-state index is 6.94. The molecular formula is C49H39CoN4OP2+. The molecule has 57 heavy (non-hydrogen) atoms. The fourth-order valence-electron chi connectivity index (χ4n) is 6.57. The predicted octanol–water partition coefficient (Wildman–Crippen LogP) is 8.62. The van der Waals surface area contributed by atoms with Crippen LogP contribution in [0.15, 0.2) is 225 Å². The fraction of sp³-hybridized carbons (Fsp3) is 0. The van der Waals surface area contributed by atoms with E-state index >= 15 is 0 Å². The van der Waals surface area contributed by atoms with Crippen molar-refractivity contribution in [3.05, 3.63) is 225 Å². The molecular weight excluding hydrogens is 781 g/mol. The van der Waals surface area contributed by atoms with Crippen LogP contribution in [0.25, 0.3) is 22.9 Å². The third kappa shape index (κ3) is 9.69. The standard InChI is InChI=1S/C36H28OP2.C13H9N4.Co/c1-5-17-29(18-6-1)38(30-19-7-2-8-20-30)35-27-15-13-25-33(35)37-34-26-14-16-28-36(34)39(31-21-9-3-10-22-31)32-23-11-4-12-24-32;1-2-6-10(7-3-1)12-15-13(17-16-12)11-8-4-5-9-14-11;/h1-28H;1-9H;/q;-1;/p+2. The van der Waals surface area contributed by atoms with Gasteiger partial charge in [-0.1, -0.05) is 133 Å². The molecule has 0 unspecified atom stereocenters. The van der Waals surface area contributed by atoms with Crippen molar-refractivity contribution in [2.75, 3.05) is 0 Å². The normalized spacial score (nSPS) is 10.6. The number of hydrogen-bond acceptors (Lipinski definition) is 4. The molecule has 0 aliphatic heterocycles. The smallest absolute Gasteiger partial charge is 0.170 e. The zero-order valence-corrected chi connectivity index (χ0v) is 33.9. The Morgan fingerprint density at radius 3 is 1.21 bits per heavy atom. The van der Waals surface area contributed by atoms with E-state index in [-0.39, 0.29) is 16.8 Å². The summed E-state index contributed by atoms with van der Waals surface area (Å²) in [6.45, 7) is 0. The summed E-state index contributed by atoms with van der Waals surface area (Å²) in [5, 5.41) is 16.0. The van der Waals surface area contributed by atoms with Gasteiger partial charge in [0.1, 0.15) is 47.7 Å². The van der Waals surface area contributed by atoms with Crippen molar-refractivity contribution in [3.63, 3.8) is 0 Å². The van der Waals surface area contributed by atoms with Crippen LogP contribution in [-0.4, -0.2) is 15.1 Å². The minimum absolute atomic E-state index is 0. The Morgan fingerprint density at radius 2 is 0.789 bits per heavy atom.